The Bertz CT molecular complexity index is 409. The van der Waals surface area contributed by atoms with Gasteiger partial charge in [0.05, 0.1) is 11.4 Å². The standard InChI is InChI=1S/C22H46O4S/c1-3-5-6-7-8-9-10-11-12-13-14-15-16-17-18-19-22(27(24,25)26)20-21(23)4-2/h21-23H,3-20H2,1-2H3,(H,24,25,26). The van der Waals surface area contributed by atoms with Gasteiger partial charge in [0, 0.05) is 0 Å². The molecule has 0 aromatic rings. The van der Waals surface area contributed by atoms with E-state index < -0.39 is 21.5 Å². The first-order valence-corrected chi connectivity index (χ1v) is 13.1. The summed E-state index contributed by atoms with van der Waals surface area (Å²) < 4.78 is 32.1. The first-order valence-electron chi connectivity index (χ1n) is 11.6. The van der Waals surface area contributed by atoms with Crippen molar-refractivity contribution in [3.8, 4) is 0 Å². The number of aliphatic hydroxyl groups excluding tert-OH is 1. The van der Waals surface area contributed by atoms with Crippen molar-refractivity contribution < 1.29 is 18.1 Å². The van der Waals surface area contributed by atoms with E-state index in [2.05, 4.69) is 6.92 Å². The molecule has 0 aromatic heterocycles. The van der Waals surface area contributed by atoms with E-state index >= 15 is 0 Å². The summed E-state index contributed by atoms with van der Waals surface area (Å²) in [6, 6.07) is 0. The smallest absolute Gasteiger partial charge is 0.267 e. The second kappa shape index (κ2) is 17.9. The molecule has 27 heavy (non-hydrogen) atoms. The highest BCUT2D eigenvalue weighted by Crippen LogP contribution is 2.18. The van der Waals surface area contributed by atoms with Crippen LogP contribution in [0.5, 0.6) is 0 Å². The summed E-state index contributed by atoms with van der Waals surface area (Å²) in [5.41, 5.74) is 0. The average molecular weight is 407 g/mol. The lowest BCUT2D eigenvalue weighted by molar-refractivity contribution is 0.156. The third-order valence-corrected chi connectivity index (χ3v) is 6.83. The van der Waals surface area contributed by atoms with Crippen molar-refractivity contribution in [2.45, 2.75) is 141 Å². The summed E-state index contributed by atoms with van der Waals surface area (Å²) in [6.45, 7) is 4.08. The molecule has 0 rings (SSSR count). The van der Waals surface area contributed by atoms with Crippen LogP contribution >= 0.6 is 0 Å². The Morgan fingerprint density at radius 1 is 0.667 bits per heavy atom. The summed E-state index contributed by atoms with van der Waals surface area (Å²) in [4.78, 5) is 0. The Labute approximate surface area is 169 Å². The van der Waals surface area contributed by atoms with Crippen molar-refractivity contribution in [1.82, 2.24) is 0 Å². The number of rotatable bonds is 20. The molecule has 0 spiro atoms. The minimum atomic E-state index is -4.05. The van der Waals surface area contributed by atoms with Gasteiger partial charge in [-0.15, -0.1) is 0 Å². The number of aliphatic hydroxyl groups is 1. The molecule has 0 aromatic carbocycles. The van der Waals surface area contributed by atoms with Crippen molar-refractivity contribution in [2.75, 3.05) is 0 Å². The van der Waals surface area contributed by atoms with Crippen molar-refractivity contribution in [1.29, 1.82) is 0 Å². The molecule has 2 N–H and O–H groups in total. The highest BCUT2D eigenvalue weighted by Gasteiger charge is 2.24. The Hall–Kier alpha value is -0.130. The fraction of sp³-hybridized carbons (Fsp3) is 1.00. The van der Waals surface area contributed by atoms with Crippen molar-refractivity contribution in [3.05, 3.63) is 0 Å². The van der Waals surface area contributed by atoms with Crippen LogP contribution in [0.3, 0.4) is 0 Å². The van der Waals surface area contributed by atoms with Crippen LogP contribution < -0.4 is 0 Å². The normalized spacial score (nSPS) is 14.4. The Kier molecular flexibility index (Phi) is 17.8. The summed E-state index contributed by atoms with van der Waals surface area (Å²) >= 11 is 0. The lowest BCUT2D eigenvalue weighted by Gasteiger charge is -2.16. The maximum Gasteiger partial charge on any atom is 0.267 e. The minimum absolute atomic E-state index is 0.147. The SMILES string of the molecule is CCCCCCCCCCCCCCCCCC(CC(O)CC)S(=O)(=O)O. The first kappa shape index (κ1) is 26.9. The number of hydrogen-bond donors (Lipinski definition) is 2. The van der Waals surface area contributed by atoms with E-state index in [1.54, 1.807) is 0 Å². The molecule has 0 radical (unpaired) electrons. The maximum atomic E-state index is 11.4. The van der Waals surface area contributed by atoms with Gasteiger partial charge in [0.2, 0.25) is 0 Å². The predicted molar refractivity (Wildman–Crippen MR) is 116 cm³/mol. The van der Waals surface area contributed by atoms with Gasteiger partial charge in [-0.2, -0.15) is 8.42 Å². The quantitative estimate of drug-likeness (QED) is 0.175. The molecular weight excluding hydrogens is 360 g/mol. The van der Waals surface area contributed by atoms with Gasteiger partial charge in [0.25, 0.3) is 10.1 Å². The molecule has 164 valence electrons. The number of unbranched alkanes of at least 4 members (excludes halogenated alkanes) is 14. The lowest BCUT2D eigenvalue weighted by Crippen LogP contribution is -2.25. The molecule has 2 atom stereocenters. The molecule has 5 heteroatoms. The molecule has 0 aliphatic rings. The van der Waals surface area contributed by atoms with Crippen LogP contribution in [-0.2, 0) is 10.1 Å². The van der Waals surface area contributed by atoms with Crippen molar-refractivity contribution in [3.63, 3.8) is 0 Å². The van der Waals surface area contributed by atoms with E-state index in [1.165, 1.54) is 77.0 Å². The van der Waals surface area contributed by atoms with Crippen LogP contribution in [0, 0.1) is 0 Å². The molecule has 4 nitrogen and oxygen atoms in total. The average Bonchev–Trinajstić information content (AvgIpc) is 2.62. The molecular formula is C22H46O4S. The molecule has 0 amide bonds. The second-order valence-corrected chi connectivity index (χ2v) is 9.87. The van der Waals surface area contributed by atoms with Gasteiger partial charge in [-0.1, -0.05) is 110 Å². The van der Waals surface area contributed by atoms with Crippen LogP contribution in [0.25, 0.3) is 0 Å². The highest BCUT2D eigenvalue weighted by molar-refractivity contribution is 7.86. The van der Waals surface area contributed by atoms with E-state index in [1.807, 2.05) is 6.92 Å². The summed E-state index contributed by atoms with van der Waals surface area (Å²) in [5, 5.41) is 8.83. The molecule has 0 aliphatic heterocycles. The van der Waals surface area contributed by atoms with Crippen molar-refractivity contribution >= 4 is 10.1 Å². The topological polar surface area (TPSA) is 74.6 Å². The van der Waals surface area contributed by atoms with Crippen molar-refractivity contribution in [2.24, 2.45) is 0 Å². The maximum absolute atomic E-state index is 11.4. The summed E-state index contributed by atoms with van der Waals surface area (Å²) in [6.07, 6.45) is 19.6. The van der Waals surface area contributed by atoms with E-state index in [4.69, 9.17) is 0 Å². The molecule has 0 heterocycles. The van der Waals surface area contributed by atoms with Crippen LogP contribution in [-0.4, -0.2) is 29.4 Å². The Morgan fingerprint density at radius 3 is 1.37 bits per heavy atom. The van der Waals surface area contributed by atoms with Crippen LogP contribution in [0.2, 0.25) is 0 Å². The summed E-state index contributed by atoms with van der Waals surface area (Å²) in [5.74, 6) is 0. The largest absolute Gasteiger partial charge is 0.393 e. The van der Waals surface area contributed by atoms with Gasteiger partial charge < -0.3 is 5.11 Å². The van der Waals surface area contributed by atoms with Gasteiger partial charge in [-0.3, -0.25) is 4.55 Å². The fourth-order valence-corrected chi connectivity index (χ4v) is 4.53. The van der Waals surface area contributed by atoms with Gasteiger partial charge in [-0.05, 0) is 19.3 Å². The molecule has 0 saturated heterocycles. The van der Waals surface area contributed by atoms with Crippen LogP contribution in [0.15, 0.2) is 0 Å². The zero-order valence-electron chi connectivity index (χ0n) is 18.0. The highest BCUT2D eigenvalue weighted by atomic mass is 32.2. The molecule has 2 unspecified atom stereocenters. The molecule has 0 bridgehead atoms. The van der Waals surface area contributed by atoms with E-state index in [9.17, 15) is 18.1 Å². The van der Waals surface area contributed by atoms with Gasteiger partial charge in [0.15, 0.2) is 0 Å². The monoisotopic (exact) mass is 406 g/mol. The zero-order valence-corrected chi connectivity index (χ0v) is 18.8. The van der Waals surface area contributed by atoms with E-state index in [0.29, 0.717) is 12.8 Å². The van der Waals surface area contributed by atoms with Crippen LogP contribution in [0.1, 0.15) is 129 Å². The Morgan fingerprint density at radius 2 is 1.04 bits per heavy atom. The van der Waals surface area contributed by atoms with Gasteiger partial charge >= 0.3 is 0 Å². The van der Waals surface area contributed by atoms with Gasteiger partial charge in [0.1, 0.15) is 0 Å². The predicted octanol–water partition coefficient (Wildman–Crippen LogP) is 6.67. The van der Waals surface area contributed by atoms with E-state index in [-0.39, 0.29) is 6.42 Å². The van der Waals surface area contributed by atoms with Crippen LogP contribution in [0.4, 0.5) is 0 Å². The molecule has 0 aliphatic carbocycles. The molecule has 0 saturated carbocycles. The number of hydrogen-bond acceptors (Lipinski definition) is 3. The third-order valence-electron chi connectivity index (χ3n) is 5.56. The minimum Gasteiger partial charge on any atom is -0.393 e. The fourth-order valence-electron chi connectivity index (χ4n) is 3.60. The summed E-state index contributed by atoms with van der Waals surface area (Å²) in [7, 11) is -4.05. The second-order valence-electron chi connectivity index (χ2n) is 8.17. The molecule has 0 fully saturated rings. The lowest BCUT2D eigenvalue weighted by atomic mass is 10.0. The third kappa shape index (κ3) is 17.7. The first-order chi connectivity index (χ1) is 12.9. The zero-order chi connectivity index (χ0) is 20.4. The van der Waals surface area contributed by atoms with E-state index in [0.717, 1.165) is 19.3 Å². The van der Waals surface area contributed by atoms with Gasteiger partial charge in [-0.25, -0.2) is 0 Å². The Balaban J connectivity index is 3.47.